The fourth-order valence-corrected chi connectivity index (χ4v) is 3.31. The van der Waals surface area contributed by atoms with Crippen LogP contribution in [0, 0.1) is 5.92 Å². The van der Waals surface area contributed by atoms with Crippen LogP contribution in [0.5, 0.6) is 0 Å². The number of hydrogen-bond acceptors (Lipinski definition) is 4. The van der Waals surface area contributed by atoms with E-state index in [4.69, 9.17) is 4.74 Å². The first kappa shape index (κ1) is 22.2. The highest BCUT2D eigenvalue weighted by Gasteiger charge is 2.27. The minimum Gasteiger partial charge on any atom is -0.378 e. The van der Waals surface area contributed by atoms with Crippen LogP contribution in [-0.4, -0.2) is 65.3 Å². The van der Waals surface area contributed by atoms with Crippen LogP contribution >= 0.6 is 0 Å². The van der Waals surface area contributed by atoms with Gasteiger partial charge >= 0.3 is 11.8 Å². The number of carbonyl (C=O) groups is 2. The Hall–Kier alpha value is -2.12. The number of nitrogens with one attached hydrogen (secondary N) is 3. The zero-order chi connectivity index (χ0) is 20.5. The molecule has 0 radical (unpaired) electrons. The minimum absolute atomic E-state index is 0.0903. The van der Waals surface area contributed by atoms with Crippen molar-refractivity contribution in [2.75, 3.05) is 58.4 Å². The van der Waals surface area contributed by atoms with Crippen LogP contribution in [0.4, 0.5) is 5.69 Å². The van der Waals surface area contributed by atoms with Gasteiger partial charge in [0, 0.05) is 31.9 Å². The number of morpholine rings is 1. The molecule has 3 N–H and O–H groups in total. The van der Waals surface area contributed by atoms with E-state index >= 15 is 0 Å². The lowest BCUT2D eigenvalue weighted by Crippen LogP contribution is -3.15. The molecule has 1 fully saturated rings. The van der Waals surface area contributed by atoms with Crippen molar-refractivity contribution in [3.63, 3.8) is 0 Å². The number of ether oxygens (including phenoxy) is 1. The van der Waals surface area contributed by atoms with Crippen LogP contribution in [0.25, 0.3) is 0 Å². The van der Waals surface area contributed by atoms with Gasteiger partial charge in [0.25, 0.3) is 0 Å². The summed E-state index contributed by atoms with van der Waals surface area (Å²) in [6, 6.07) is 8.48. The van der Waals surface area contributed by atoms with Crippen LogP contribution in [-0.2, 0) is 14.3 Å². The summed E-state index contributed by atoms with van der Waals surface area (Å²) >= 11 is 0. The summed E-state index contributed by atoms with van der Waals surface area (Å²) in [7, 11) is 4.02. The lowest BCUT2D eigenvalue weighted by Gasteiger charge is -2.32. The maximum absolute atomic E-state index is 12.2. The molecule has 1 saturated heterocycles. The number of hydrogen-bond donors (Lipinski definition) is 3. The Balaban J connectivity index is 1.99. The second-order valence-corrected chi connectivity index (χ2v) is 7.96. The predicted octanol–water partition coefficient (Wildman–Crippen LogP) is -0.0127. The number of nitrogens with zero attached hydrogens (tertiary/aromatic N) is 1. The van der Waals surface area contributed by atoms with Gasteiger partial charge in [-0.15, -0.1) is 0 Å². The number of quaternary nitrogens is 1. The lowest BCUT2D eigenvalue weighted by atomic mass is 10.0. The standard InChI is InChI=1S/C21H34N4O3/c1-16(2)9-10-22-20(26)21(27)23-15-19(25-11-13-28-14-12-25)17-5-7-18(8-6-17)24(3)4/h5-8,16,19H,9-15H2,1-4H3,(H,22,26)(H,23,27)/p+1/t19-/m0/s1. The summed E-state index contributed by atoms with van der Waals surface area (Å²) in [6.45, 7) is 8.32. The summed E-state index contributed by atoms with van der Waals surface area (Å²) in [6.07, 6.45) is 0.859. The molecule has 0 spiro atoms. The van der Waals surface area contributed by atoms with Crippen LogP contribution in [0.3, 0.4) is 0 Å². The Bertz CT molecular complexity index is 625. The molecule has 1 atom stereocenters. The van der Waals surface area contributed by atoms with Gasteiger partial charge in [0.05, 0.1) is 19.8 Å². The van der Waals surface area contributed by atoms with Crippen LogP contribution in [0.2, 0.25) is 0 Å². The van der Waals surface area contributed by atoms with E-state index in [2.05, 4.69) is 53.6 Å². The molecule has 28 heavy (non-hydrogen) atoms. The summed E-state index contributed by atoms with van der Waals surface area (Å²) in [5.74, 6) is -0.631. The van der Waals surface area contributed by atoms with Crippen molar-refractivity contribution in [1.82, 2.24) is 10.6 Å². The third-order valence-electron chi connectivity index (χ3n) is 5.12. The van der Waals surface area contributed by atoms with Crippen molar-refractivity contribution in [1.29, 1.82) is 0 Å². The average Bonchev–Trinajstić information content (AvgIpc) is 2.68. The highest BCUT2D eigenvalue weighted by Crippen LogP contribution is 2.16. The van der Waals surface area contributed by atoms with Gasteiger partial charge in [-0.05, 0) is 24.5 Å². The van der Waals surface area contributed by atoms with E-state index in [1.165, 1.54) is 4.90 Å². The largest absolute Gasteiger partial charge is 0.378 e. The molecule has 0 aromatic heterocycles. The first-order chi connectivity index (χ1) is 13.4. The van der Waals surface area contributed by atoms with Crippen molar-refractivity contribution in [2.24, 2.45) is 5.92 Å². The van der Waals surface area contributed by atoms with Crippen LogP contribution in [0.1, 0.15) is 31.9 Å². The van der Waals surface area contributed by atoms with Crippen LogP contribution < -0.4 is 20.4 Å². The van der Waals surface area contributed by atoms with Gasteiger partial charge in [0.2, 0.25) is 0 Å². The molecule has 156 valence electrons. The van der Waals surface area contributed by atoms with Gasteiger partial charge in [0.1, 0.15) is 19.1 Å². The molecule has 0 unspecified atom stereocenters. The third kappa shape index (κ3) is 6.80. The quantitative estimate of drug-likeness (QED) is 0.545. The van der Waals surface area contributed by atoms with Gasteiger partial charge in [-0.25, -0.2) is 0 Å². The van der Waals surface area contributed by atoms with E-state index in [-0.39, 0.29) is 6.04 Å². The molecule has 1 aromatic rings. The molecule has 7 nitrogen and oxygen atoms in total. The minimum atomic E-state index is -0.564. The fourth-order valence-electron chi connectivity index (χ4n) is 3.31. The highest BCUT2D eigenvalue weighted by molar-refractivity contribution is 6.35. The molecule has 2 amide bonds. The summed E-state index contributed by atoms with van der Waals surface area (Å²) in [5, 5.41) is 5.52. The second-order valence-electron chi connectivity index (χ2n) is 7.96. The molecule has 1 heterocycles. The van der Waals surface area contributed by atoms with Gasteiger partial charge in [-0.2, -0.15) is 0 Å². The average molecular weight is 392 g/mol. The zero-order valence-electron chi connectivity index (χ0n) is 17.6. The predicted molar refractivity (Wildman–Crippen MR) is 111 cm³/mol. The second kappa shape index (κ2) is 11.0. The summed E-state index contributed by atoms with van der Waals surface area (Å²) in [4.78, 5) is 27.7. The van der Waals surface area contributed by atoms with E-state index in [0.717, 1.165) is 30.8 Å². The Morgan fingerprint density at radius 1 is 1.07 bits per heavy atom. The molecule has 1 aromatic carbocycles. The maximum Gasteiger partial charge on any atom is 0.309 e. The maximum atomic E-state index is 12.2. The Morgan fingerprint density at radius 3 is 2.25 bits per heavy atom. The van der Waals surface area contributed by atoms with Crippen molar-refractivity contribution in [2.45, 2.75) is 26.3 Å². The van der Waals surface area contributed by atoms with Crippen molar-refractivity contribution >= 4 is 17.5 Å². The number of carbonyl (C=O) groups excluding carboxylic acids is 2. The first-order valence-corrected chi connectivity index (χ1v) is 10.1. The summed E-state index contributed by atoms with van der Waals surface area (Å²) < 4.78 is 5.48. The van der Waals surface area contributed by atoms with Crippen molar-refractivity contribution < 1.29 is 19.2 Å². The Kier molecular flexibility index (Phi) is 8.73. The number of rotatable bonds is 8. The normalized spacial score (nSPS) is 15.9. The van der Waals surface area contributed by atoms with Crippen molar-refractivity contribution in [3.05, 3.63) is 29.8 Å². The third-order valence-corrected chi connectivity index (χ3v) is 5.12. The van der Waals surface area contributed by atoms with Crippen LogP contribution in [0.15, 0.2) is 24.3 Å². The monoisotopic (exact) mass is 391 g/mol. The van der Waals surface area contributed by atoms with Gasteiger partial charge in [-0.1, -0.05) is 26.0 Å². The summed E-state index contributed by atoms with van der Waals surface area (Å²) in [5.41, 5.74) is 2.29. The highest BCUT2D eigenvalue weighted by atomic mass is 16.5. The van der Waals surface area contributed by atoms with Crippen molar-refractivity contribution in [3.8, 4) is 0 Å². The molecule has 0 aliphatic carbocycles. The molecule has 1 aliphatic heterocycles. The smallest absolute Gasteiger partial charge is 0.309 e. The topological polar surface area (TPSA) is 75.1 Å². The molecule has 2 rings (SSSR count). The first-order valence-electron chi connectivity index (χ1n) is 10.1. The van der Waals surface area contributed by atoms with E-state index in [1.54, 1.807) is 0 Å². The van der Waals surface area contributed by atoms with E-state index in [0.29, 0.717) is 32.2 Å². The molecule has 0 bridgehead atoms. The zero-order valence-corrected chi connectivity index (χ0v) is 17.6. The molecule has 1 aliphatic rings. The fraction of sp³-hybridized carbons (Fsp3) is 0.619. The van der Waals surface area contributed by atoms with E-state index in [1.807, 2.05) is 14.1 Å². The molecular weight excluding hydrogens is 356 g/mol. The molecule has 0 saturated carbocycles. The van der Waals surface area contributed by atoms with Gasteiger partial charge in [0.15, 0.2) is 0 Å². The number of benzene rings is 1. The Labute approximate surface area is 168 Å². The SMILES string of the molecule is CC(C)CCNC(=O)C(=O)NC[C@@H](c1ccc(N(C)C)cc1)[NH+]1CCOCC1. The molecule has 7 heteroatoms. The van der Waals surface area contributed by atoms with E-state index in [9.17, 15) is 9.59 Å². The number of anilines is 1. The number of amides is 2. The molecular formula is C21H35N4O3+. The van der Waals surface area contributed by atoms with E-state index < -0.39 is 11.8 Å². The van der Waals surface area contributed by atoms with Gasteiger partial charge < -0.3 is 25.2 Å². The lowest BCUT2D eigenvalue weighted by molar-refractivity contribution is -0.937. The Morgan fingerprint density at radius 2 is 1.68 bits per heavy atom. The van der Waals surface area contributed by atoms with Gasteiger partial charge in [-0.3, -0.25) is 9.59 Å².